The molecule has 5 heteroatoms. The number of anilines is 1. The summed E-state index contributed by atoms with van der Waals surface area (Å²) in [4.78, 5) is 17.7. The van der Waals surface area contributed by atoms with E-state index in [2.05, 4.69) is 22.0 Å². The van der Waals surface area contributed by atoms with Crippen molar-refractivity contribution in [1.82, 2.24) is 0 Å². The summed E-state index contributed by atoms with van der Waals surface area (Å²) in [5, 5.41) is 18.5. The molecule has 24 heavy (non-hydrogen) atoms. The molecular weight excluding hydrogens is 304 g/mol. The Morgan fingerprint density at radius 3 is 2.42 bits per heavy atom. The third-order valence-electron chi connectivity index (χ3n) is 4.19. The van der Waals surface area contributed by atoms with E-state index in [1.165, 1.54) is 37.1 Å². The van der Waals surface area contributed by atoms with Gasteiger partial charge in [-0.1, -0.05) is 12.1 Å². The number of carbonyl (C=O) groups is 1. The van der Waals surface area contributed by atoms with Crippen molar-refractivity contribution in [2.24, 2.45) is 4.99 Å². The van der Waals surface area contributed by atoms with Crippen LogP contribution < -0.4 is 4.90 Å². The summed E-state index contributed by atoms with van der Waals surface area (Å²) in [6.45, 7) is 2.22. The van der Waals surface area contributed by atoms with Crippen molar-refractivity contribution in [1.29, 1.82) is 0 Å². The third kappa shape index (κ3) is 3.74. The number of phenols is 1. The van der Waals surface area contributed by atoms with Crippen LogP contribution >= 0.6 is 0 Å². The second kappa shape index (κ2) is 7.17. The first-order chi connectivity index (χ1) is 11.6. The van der Waals surface area contributed by atoms with Gasteiger partial charge in [-0.15, -0.1) is 0 Å². The Hall–Kier alpha value is -2.82. The van der Waals surface area contributed by atoms with Crippen molar-refractivity contribution < 1.29 is 15.0 Å². The standard InChI is InChI=1S/C19H20N2O3/c22-18-9-6-15(12-17(18)19(23)24)20-13-14-4-7-16(8-5-14)21-10-2-1-3-11-21/h4-9,12-13,22H,1-3,10-11H2,(H,23,24). The summed E-state index contributed by atoms with van der Waals surface area (Å²) < 4.78 is 0. The van der Waals surface area contributed by atoms with E-state index in [4.69, 9.17) is 5.11 Å². The zero-order chi connectivity index (χ0) is 16.9. The number of benzene rings is 2. The lowest BCUT2D eigenvalue weighted by Crippen LogP contribution is -2.29. The Bertz CT molecular complexity index is 748. The van der Waals surface area contributed by atoms with Crippen LogP contribution in [0.25, 0.3) is 0 Å². The Morgan fingerprint density at radius 2 is 1.75 bits per heavy atom. The Labute approximate surface area is 140 Å². The topological polar surface area (TPSA) is 73.1 Å². The van der Waals surface area contributed by atoms with E-state index in [1.807, 2.05) is 12.1 Å². The van der Waals surface area contributed by atoms with Crippen LogP contribution in [0, 0.1) is 0 Å². The lowest BCUT2D eigenvalue weighted by molar-refractivity contribution is 0.0694. The van der Waals surface area contributed by atoms with Gasteiger partial charge in [-0.25, -0.2) is 4.79 Å². The van der Waals surface area contributed by atoms with Crippen LogP contribution in [0.2, 0.25) is 0 Å². The van der Waals surface area contributed by atoms with Crippen LogP contribution in [0.5, 0.6) is 5.75 Å². The molecule has 1 fully saturated rings. The summed E-state index contributed by atoms with van der Waals surface area (Å²) in [7, 11) is 0. The summed E-state index contributed by atoms with van der Waals surface area (Å²) in [6.07, 6.45) is 5.50. The molecule has 0 spiro atoms. The van der Waals surface area contributed by atoms with Gasteiger partial charge in [0, 0.05) is 25.0 Å². The van der Waals surface area contributed by atoms with E-state index in [1.54, 1.807) is 12.3 Å². The molecule has 1 aliphatic rings. The smallest absolute Gasteiger partial charge is 0.339 e. The number of aromatic carboxylic acids is 1. The molecule has 2 aromatic rings. The van der Waals surface area contributed by atoms with Crippen LogP contribution in [-0.2, 0) is 0 Å². The van der Waals surface area contributed by atoms with Crippen molar-refractivity contribution in [3.63, 3.8) is 0 Å². The second-order valence-corrected chi connectivity index (χ2v) is 5.90. The number of rotatable bonds is 4. The maximum absolute atomic E-state index is 11.0. The van der Waals surface area contributed by atoms with Gasteiger partial charge in [0.1, 0.15) is 11.3 Å². The molecule has 0 aromatic heterocycles. The summed E-state index contributed by atoms with van der Waals surface area (Å²) >= 11 is 0. The SMILES string of the molecule is O=C(O)c1cc(N=Cc2ccc(N3CCCCC3)cc2)ccc1O. The molecule has 124 valence electrons. The number of nitrogens with zero attached hydrogens (tertiary/aromatic N) is 2. The fourth-order valence-electron chi connectivity index (χ4n) is 2.85. The minimum absolute atomic E-state index is 0.148. The highest BCUT2D eigenvalue weighted by molar-refractivity contribution is 5.92. The van der Waals surface area contributed by atoms with Gasteiger partial charge in [0.15, 0.2) is 0 Å². The zero-order valence-corrected chi connectivity index (χ0v) is 13.4. The largest absolute Gasteiger partial charge is 0.507 e. The maximum Gasteiger partial charge on any atom is 0.339 e. The van der Waals surface area contributed by atoms with Gasteiger partial charge in [0.25, 0.3) is 0 Å². The highest BCUT2D eigenvalue weighted by Gasteiger charge is 2.11. The Balaban J connectivity index is 1.72. The second-order valence-electron chi connectivity index (χ2n) is 5.90. The molecule has 2 N–H and O–H groups in total. The van der Waals surface area contributed by atoms with Crippen molar-refractivity contribution >= 4 is 23.6 Å². The first kappa shape index (κ1) is 16.1. The third-order valence-corrected chi connectivity index (χ3v) is 4.19. The maximum atomic E-state index is 11.0. The lowest BCUT2D eigenvalue weighted by Gasteiger charge is -2.28. The molecule has 0 amide bonds. The lowest BCUT2D eigenvalue weighted by atomic mass is 10.1. The molecule has 1 heterocycles. The van der Waals surface area contributed by atoms with Crippen molar-refractivity contribution in [2.75, 3.05) is 18.0 Å². The first-order valence-corrected chi connectivity index (χ1v) is 8.09. The Morgan fingerprint density at radius 1 is 1.04 bits per heavy atom. The van der Waals surface area contributed by atoms with E-state index in [9.17, 15) is 9.90 Å². The molecule has 1 saturated heterocycles. The predicted molar refractivity (Wildman–Crippen MR) is 94.8 cm³/mol. The van der Waals surface area contributed by atoms with Crippen molar-refractivity contribution in [2.45, 2.75) is 19.3 Å². The molecule has 0 atom stereocenters. The minimum atomic E-state index is -1.17. The molecule has 0 saturated carbocycles. The zero-order valence-electron chi connectivity index (χ0n) is 13.4. The monoisotopic (exact) mass is 324 g/mol. The molecule has 5 nitrogen and oxygen atoms in total. The fraction of sp³-hybridized carbons (Fsp3) is 0.263. The summed E-state index contributed by atoms with van der Waals surface area (Å²) in [5.41, 5.74) is 2.51. The van der Waals surface area contributed by atoms with Gasteiger partial charge < -0.3 is 15.1 Å². The van der Waals surface area contributed by atoms with Gasteiger partial charge in [-0.2, -0.15) is 0 Å². The number of carboxylic acid groups (broad SMARTS) is 1. The number of aromatic hydroxyl groups is 1. The number of aliphatic imine (C=N–C) groups is 1. The van der Waals surface area contributed by atoms with Gasteiger partial charge in [0.05, 0.1) is 5.69 Å². The number of carboxylic acids is 1. The predicted octanol–water partition coefficient (Wildman–Crippen LogP) is 3.83. The molecule has 0 aliphatic carbocycles. The molecule has 0 unspecified atom stereocenters. The molecule has 1 aliphatic heterocycles. The normalized spacial score (nSPS) is 14.9. The van der Waals surface area contributed by atoms with Gasteiger partial charge in [-0.3, -0.25) is 4.99 Å². The average Bonchev–Trinajstić information content (AvgIpc) is 2.62. The van der Waals surface area contributed by atoms with Crippen molar-refractivity contribution in [3.8, 4) is 5.75 Å². The van der Waals surface area contributed by atoms with Crippen LogP contribution in [0.15, 0.2) is 47.5 Å². The highest BCUT2D eigenvalue weighted by Crippen LogP contribution is 2.24. The number of hydrogen-bond acceptors (Lipinski definition) is 4. The highest BCUT2D eigenvalue weighted by atomic mass is 16.4. The summed E-state index contributed by atoms with van der Waals surface area (Å²) in [5.74, 6) is -1.43. The van der Waals surface area contributed by atoms with E-state index >= 15 is 0 Å². The molecular formula is C19H20N2O3. The van der Waals surface area contributed by atoms with E-state index in [-0.39, 0.29) is 11.3 Å². The van der Waals surface area contributed by atoms with Gasteiger partial charge in [0.2, 0.25) is 0 Å². The average molecular weight is 324 g/mol. The van der Waals surface area contributed by atoms with Gasteiger partial charge >= 0.3 is 5.97 Å². The fourth-order valence-corrected chi connectivity index (χ4v) is 2.85. The van der Waals surface area contributed by atoms with Crippen molar-refractivity contribution in [3.05, 3.63) is 53.6 Å². The van der Waals surface area contributed by atoms with Crippen LogP contribution in [0.1, 0.15) is 35.2 Å². The Kier molecular flexibility index (Phi) is 4.79. The molecule has 0 bridgehead atoms. The van der Waals surface area contributed by atoms with Crippen LogP contribution in [0.3, 0.4) is 0 Å². The first-order valence-electron chi connectivity index (χ1n) is 8.09. The summed E-state index contributed by atoms with van der Waals surface area (Å²) in [6, 6.07) is 12.5. The molecule has 2 aromatic carbocycles. The molecule has 3 rings (SSSR count). The van der Waals surface area contributed by atoms with E-state index < -0.39 is 5.97 Å². The minimum Gasteiger partial charge on any atom is -0.507 e. The quantitative estimate of drug-likeness (QED) is 0.838. The van der Waals surface area contributed by atoms with Crippen LogP contribution in [0.4, 0.5) is 11.4 Å². The van der Waals surface area contributed by atoms with Crippen LogP contribution in [-0.4, -0.2) is 35.5 Å². The molecule has 0 radical (unpaired) electrons. The number of piperidine rings is 1. The van der Waals surface area contributed by atoms with E-state index in [0.29, 0.717) is 5.69 Å². The number of hydrogen-bond donors (Lipinski definition) is 2. The van der Waals surface area contributed by atoms with Gasteiger partial charge in [-0.05, 0) is 55.2 Å². The van der Waals surface area contributed by atoms with E-state index in [0.717, 1.165) is 18.7 Å².